The summed E-state index contributed by atoms with van der Waals surface area (Å²) >= 11 is 4.32. The van der Waals surface area contributed by atoms with Crippen molar-refractivity contribution in [2.45, 2.75) is 0 Å². The van der Waals surface area contributed by atoms with Crippen molar-refractivity contribution in [1.29, 1.82) is 0 Å². The normalized spacial score (nSPS) is 4.25. The van der Waals surface area contributed by atoms with Crippen LogP contribution in [0.3, 0.4) is 0 Å². The molecular weight excluding hydrogens is 68.9 g/mol. The molecule has 3 heteroatoms. The molecule has 0 aromatic rings. The third-order valence-electron chi connectivity index (χ3n) is 0.118. The van der Waals surface area contributed by atoms with E-state index in [-0.39, 0.29) is 0 Å². The molecule has 0 saturated heterocycles. The molecule has 0 unspecified atom stereocenters. The fourth-order valence-corrected chi connectivity index (χ4v) is 0. The number of hydrogen-bond acceptors (Lipinski definition) is 1. The minimum absolute atomic E-state index is 1.46. The Morgan fingerprint density at radius 1 is 2.00 bits per heavy atom. The molecule has 0 aromatic heterocycles. The van der Waals surface area contributed by atoms with Crippen LogP contribution >= 0.6 is 12.1 Å². The summed E-state index contributed by atoms with van der Waals surface area (Å²) in [6.07, 6.45) is 1.46. The number of rotatable bonds is 1. The van der Waals surface area contributed by atoms with Crippen LogP contribution in [0.5, 0.6) is 0 Å². The van der Waals surface area contributed by atoms with Crippen LogP contribution in [0.2, 0.25) is 0 Å². The molecule has 0 aliphatic rings. The molecule has 0 amide bonds. The molecule has 0 rings (SSSR count). The van der Waals surface area contributed by atoms with Crippen LogP contribution in [0.25, 0.3) is 0 Å². The van der Waals surface area contributed by atoms with Gasteiger partial charge in [-0.2, -0.15) is 0 Å². The van der Waals surface area contributed by atoms with Gasteiger partial charge in [-0.25, -0.2) is 0 Å². The summed E-state index contributed by atoms with van der Waals surface area (Å²) in [5, 5.41) is 2.62. The zero-order chi connectivity index (χ0) is 3.41. The topological polar surface area (TPSA) is 12.0 Å². The molecule has 0 aliphatic carbocycles. The van der Waals surface area contributed by atoms with E-state index in [2.05, 4.69) is 17.3 Å². The van der Waals surface area contributed by atoms with Crippen LogP contribution in [0.4, 0.5) is 0 Å². The van der Waals surface area contributed by atoms with Crippen LogP contribution in [-0.4, -0.2) is 13.3 Å². The molecule has 0 aromatic carbocycles. The summed E-state index contributed by atoms with van der Waals surface area (Å²) in [6, 6.07) is 0. The third kappa shape index (κ3) is 2.08. The first kappa shape index (κ1) is 4.08. The SMILES string of the molecule is CNB=S. The van der Waals surface area contributed by atoms with Crippen LogP contribution in [0, 0.1) is 0 Å². The van der Waals surface area contributed by atoms with E-state index < -0.39 is 0 Å². The molecule has 1 N–H and O–H groups in total. The van der Waals surface area contributed by atoms with Crippen LogP contribution in [0.15, 0.2) is 0 Å². The fourth-order valence-electron chi connectivity index (χ4n) is 0. The molecule has 0 bridgehead atoms. The van der Waals surface area contributed by atoms with Crippen LogP contribution < -0.4 is 5.23 Å². The van der Waals surface area contributed by atoms with Gasteiger partial charge in [0.05, 0.1) is 0 Å². The summed E-state index contributed by atoms with van der Waals surface area (Å²) in [5.74, 6) is 0. The van der Waals surface area contributed by atoms with E-state index in [0.717, 1.165) is 0 Å². The van der Waals surface area contributed by atoms with E-state index in [4.69, 9.17) is 0 Å². The van der Waals surface area contributed by atoms with Crippen LogP contribution in [-0.2, 0) is 0 Å². The summed E-state index contributed by atoms with van der Waals surface area (Å²) in [5.41, 5.74) is 0. The Kier molecular flexibility index (Phi) is 3.15. The van der Waals surface area contributed by atoms with Crippen molar-refractivity contribution in [1.82, 2.24) is 5.23 Å². The third-order valence-corrected chi connectivity index (χ3v) is 0.354. The van der Waals surface area contributed by atoms with E-state index in [1.807, 2.05) is 0 Å². The zero-order valence-electron chi connectivity index (χ0n) is 2.49. The average molecular weight is 72.9 g/mol. The van der Waals surface area contributed by atoms with Crippen molar-refractivity contribution >= 4 is 18.3 Å². The molecule has 0 saturated carbocycles. The van der Waals surface area contributed by atoms with Gasteiger partial charge in [0.2, 0.25) is 0 Å². The van der Waals surface area contributed by atoms with Gasteiger partial charge >= 0.3 is 30.6 Å². The first-order valence-electron chi connectivity index (χ1n) is 1.02. The number of nitrogens with one attached hydrogen (secondary N) is 1. The Labute approximate surface area is 31.5 Å². The van der Waals surface area contributed by atoms with Gasteiger partial charge in [0, 0.05) is 0 Å². The zero-order valence-corrected chi connectivity index (χ0v) is 3.30. The summed E-state index contributed by atoms with van der Waals surface area (Å²) < 4.78 is 0. The Hall–Kier alpha value is 0.0849. The van der Waals surface area contributed by atoms with Gasteiger partial charge in [0.25, 0.3) is 0 Å². The molecule has 1 nitrogen and oxygen atoms in total. The van der Waals surface area contributed by atoms with Crippen LogP contribution in [0.1, 0.15) is 0 Å². The Morgan fingerprint density at radius 2 is 2.25 bits per heavy atom. The Morgan fingerprint density at radius 3 is 2.25 bits per heavy atom. The number of hydrogen-bond donors (Lipinski definition) is 1. The predicted molar refractivity (Wildman–Crippen MR) is 22.4 cm³/mol. The van der Waals surface area contributed by atoms with Gasteiger partial charge in [-0.05, 0) is 0 Å². The van der Waals surface area contributed by atoms with Gasteiger partial charge in [-0.15, -0.1) is 0 Å². The second-order valence-corrected chi connectivity index (χ2v) is 0.642. The monoisotopic (exact) mass is 73.0 g/mol. The van der Waals surface area contributed by atoms with E-state index >= 15 is 0 Å². The first-order valence-corrected chi connectivity index (χ1v) is 1.50. The first-order chi connectivity index (χ1) is 1.91. The predicted octanol–water partition coefficient (Wildman–Crippen LogP) is -0.0625. The van der Waals surface area contributed by atoms with Gasteiger partial charge in [-0.3, -0.25) is 0 Å². The molecule has 0 radical (unpaired) electrons. The quantitative estimate of drug-likeness (QED) is 0.436. The minimum atomic E-state index is 1.46. The Balaban J connectivity index is 2.30. The van der Waals surface area contributed by atoms with Gasteiger partial charge in [0.1, 0.15) is 0 Å². The van der Waals surface area contributed by atoms with E-state index in [1.165, 1.54) is 6.29 Å². The summed E-state index contributed by atoms with van der Waals surface area (Å²) in [6.45, 7) is 0. The van der Waals surface area contributed by atoms with Crippen molar-refractivity contribution in [3.8, 4) is 0 Å². The van der Waals surface area contributed by atoms with E-state index in [9.17, 15) is 0 Å². The average Bonchev–Trinajstić information content (AvgIpc) is 1.37. The maximum absolute atomic E-state index is 4.32. The van der Waals surface area contributed by atoms with Gasteiger partial charge in [0.15, 0.2) is 0 Å². The molecule has 22 valence electrons. The van der Waals surface area contributed by atoms with Crippen molar-refractivity contribution in [2.24, 2.45) is 0 Å². The standard InChI is InChI=1S/CH4BNS/c1-3-2-4/h3H,1H3. The summed E-state index contributed by atoms with van der Waals surface area (Å²) in [7, 11) is 1.77. The van der Waals surface area contributed by atoms with Gasteiger partial charge < -0.3 is 0 Å². The van der Waals surface area contributed by atoms with E-state index in [1.54, 1.807) is 7.05 Å². The van der Waals surface area contributed by atoms with Crippen molar-refractivity contribution in [2.75, 3.05) is 7.05 Å². The second kappa shape index (κ2) is 3.08. The molecule has 4 heavy (non-hydrogen) atoms. The summed E-state index contributed by atoms with van der Waals surface area (Å²) in [4.78, 5) is 0. The van der Waals surface area contributed by atoms with Crippen molar-refractivity contribution < 1.29 is 0 Å². The fraction of sp³-hybridized carbons (Fsp3) is 1.00. The molecule has 0 atom stereocenters. The molecule has 0 heterocycles. The van der Waals surface area contributed by atoms with Gasteiger partial charge in [-0.1, -0.05) is 0 Å². The molecule has 0 spiro atoms. The molecule has 0 aliphatic heterocycles. The molecular formula is CH4BNS. The molecule has 0 fully saturated rings. The van der Waals surface area contributed by atoms with Crippen molar-refractivity contribution in [3.05, 3.63) is 0 Å². The van der Waals surface area contributed by atoms with E-state index in [0.29, 0.717) is 0 Å². The van der Waals surface area contributed by atoms with Crippen molar-refractivity contribution in [3.63, 3.8) is 0 Å². The Bertz CT molecular complexity index is 22.0. The maximum atomic E-state index is 4.32. The second-order valence-electron chi connectivity index (χ2n) is 0.407.